The van der Waals surface area contributed by atoms with Crippen LogP contribution in [0, 0.1) is 6.92 Å². The Bertz CT molecular complexity index is 808. The number of hydrogen-bond donors (Lipinski definition) is 1. The number of aryl methyl sites for hydroxylation is 1. The van der Waals surface area contributed by atoms with Gasteiger partial charge in [0.25, 0.3) is 0 Å². The minimum Gasteiger partial charge on any atom is -0.507 e. The maximum Gasteiger partial charge on any atom is 0.348 e. The molecule has 24 heavy (non-hydrogen) atoms. The van der Waals surface area contributed by atoms with Crippen LogP contribution in [-0.2, 0) is 16.0 Å². The Balaban J connectivity index is 2.39. The van der Waals surface area contributed by atoms with E-state index in [1.165, 1.54) is 13.2 Å². The minimum atomic E-state index is -0.822. The van der Waals surface area contributed by atoms with E-state index in [2.05, 4.69) is 4.99 Å². The predicted octanol–water partition coefficient (Wildman–Crippen LogP) is 2.25. The van der Waals surface area contributed by atoms with Crippen molar-refractivity contribution < 1.29 is 19.1 Å². The molecule has 0 aliphatic carbocycles. The van der Waals surface area contributed by atoms with Crippen molar-refractivity contribution in [3.8, 4) is 5.75 Å². The summed E-state index contributed by atoms with van der Waals surface area (Å²) in [5, 5.41) is 9.98. The summed E-state index contributed by atoms with van der Waals surface area (Å²) in [5.41, 5.74) is 0.372. The van der Waals surface area contributed by atoms with Crippen molar-refractivity contribution in [2.75, 3.05) is 7.11 Å². The first kappa shape index (κ1) is 17.5. The molecule has 1 aromatic heterocycles. The maximum atomic E-state index is 12.0. The van der Waals surface area contributed by atoms with E-state index >= 15 is 0 Å². The van der Waals surface area contributed by atoms with E-state index in [1.807, 2.05) is 30.3 Å². The smallest absolute Gasteiger partial charge is 0.348 e. The van der Waals surface area contributed by atoms with Crippen LogP contribution in [-0.4, -0.2) is 29.9 Å². The Morgan fingerprint density at radius 3 is 2.58 bits per heavy atom. The third-order valence-corrected chi connectivity index (χ3v) is 3.51. The van der Waals surface area contributed by atoms with E-state index in [4.69, 9.17) is 9.15 Å². The molecule has 0 amide bonds. The molecule has 0 saturated carbocycles. The summed E-state index contributed by atoms with van der Waals surface area (Å²) in [6.07, 6.45) is 0.322. The molecule has 1 aromatic carbocycles. The van der Waals surface area contributed by atoms with Crippen LogP contribution < -0.4 is 5.63 Å². The molecule has 6 heteroatoms. The summed E-state index contributed by atoms with van der Waals surface area (Å²) in [6, 6.07) is 9.86. The number of hydrogen-bond acceptors (Lipinski definition) is 6. The van der Waals surface area contributed by atoms with Gasteiger partial charge in [0.15, 0.2) is 6.04 Å². The van der Waals surface area contributed by atoms with Crippen molar-refractivity contribution in [2.24, 2.45) is 4.99 Å². The zero-order valence-corrected chi connectivity index (χ0v) is 13.8. The van der Waals surface area contributed by atoms with Crippen LogP contribution in [0.3, 0.4) is 0 Å². The van der Waals surface area contributed by atoms with E-state index in [9.17, 15) is 14.7 Å². The van der Waals surface area contributed by atoms with Gasteiger partial charge < -0.3 is 14.3 Å². The fourth-order valence-electron chi connectivity index (χ4n) is 2.38. The highest BCUT2D eigenvalue weighted by Crippen LogP contribution is 2.17. The van der Waals surface area contributed by atoms with Crippen LogP contribution in [0.15, 0.2) is 50.6 Å². The number of rotatable bonds is 5. The number of esters is 1. The SMILES string of the molecule is COC(=O)[C@H](Cc1ccccc1)N=C(C)c1c(O)cc(C)oc1=O. The molecular weight excluding hydrogens is 310 g/mol. The van der Waals surface area contributed by atoms with E-state index in [0.29, 0.717) is 12.2 Å². The molecule has 0 aliphatic heterocycles. The van der Waals surface area contributed by atoms with Crippen LogP contribution >= 0.6 is 0 Å². The van der Waals surface area contributed by atoms with Gasteiger partial charge in [-0.25, -0.2) is 9.59 Å². The standard InChI is InChI=1S/C18H19NO5/c1-11-9-15(20)16(18(22)24-11)12(2)19-14(17(21)23-3)10-13-7-5-4-6-8-13/h4-9,14,20H,10H2,1-3H3/t14-/m0/s1. The highest BCUT2D eigenvalue weighted by atomic mass is 16.5. The molecule has 0 spiro atoms. The molecular formula is C18H19NO5. The fraction of sp³-hybridized carbons (Fsp3) is 0.278. The summed E-state index contributed by atoms with van der Waals surface area (Å²) in [6.45, 7) is 3.10. The van der Waals surface area contributed by atoms with Gasteiger partial charge in [0.1, 0.15) is 17.1 Å². The topological polar surface area (TPSA) is 89.1 Å². The molecule has 2 aromatic rings. The molecule has 0 radical (unpaired) electrons. The Morgan fingerprint density at radius 2 is 2.00 bits per heavy atom. The average molecular weight is 329 g/mol. The lowest BCUT2D eigenvalue weighted by Gasteiger charge is -2.12. The molecule has 6 nitrogen and oxygen atoms in total. The lowest BCUT2D eigenvalue weighted by Crippen LogP contribution is -2.25. The van der Waals surface area contributed by atoms with E-state index in [1.54, 1.807) is 13.8 Å². The van der Waals surface area contributed by atoms with Crippen molar-refractivity contribution in [3.63, 3.8) is 0 Å². The molecule has 1 N–H and O–H groups in total. The lowest BCUT2D eigenvalue weighted by atomic mass is 10.1. The summed E-state index contributed by atoms with van der Waals surface area (Å²) in [5.74, 6) is -0.453. The number of benzene rings is 1. The van der Waals surface area contributed by atoms with Crippen molar-refractivity contribution in [1.82, 2.24) is 0 Å². The van der Waals surface area contributed by atoms with E-state index < -0.39 is 17.6 Å². The fourth-order valence-corrected chi connectivity index (χ4v) is 2.38. The third-order valence-electron chi connectivity index (χ3n) is 3.51. The average Bonchev–Trinajstić information content (AvgIpc) is 2.53. The van der Waals surface area contributed by atoms with E-state index in [-0.39, 0.29) is 17.0 Å². The summed E-state index contributed by atoms with van der Waals surface area (Å²) in [7, 11) is 1.28. The maximum absolute atomic E-state index is 12.0. The summed E-state index contributed by atoms with van der Waals surface area (Å²) in [4.78, 5) is 28.3. The van der Waals surface area contributed by atoms with Crippen molar-refractivity contribution in [2.45, 2.75) is 26.3 Å². The predicted molar refractivity (Wildman–Crippen MR) is 89.5 cm³/mol. The molecule has 126 valence electrons. The molecule has 0 unspecified atom stereocenters. The van der Waals surface area contributed by atoms with Gasteiger partial charge in [0, 0.05) is 12.5 Å². The molecule has 1 heterocycles. The van der Waals surface area contributed by atoms with Gasteiger partial charge in [-0.3, -0.25) is 4.99 Å². The first-order valence-electron chi connectivity index (χ1n) is 7.42. The molecule has 0 fully saturated rings. The van der Waals surface area contributed by atoms with Crippen LogP contribution in [0.1, 0.15) is 23.8 Å². The number of nitrogens with zero attached hydrogens (tertiary/aromatic N) is 1. The number of aliphatic imine (C=N–C) groups is 1. The Morgan fingerprint density at radius 1 is 1.33 bits per heavy atom. The zero-order valence-electron chi connectivity index (χ0n) is 13.8. The van der Waals surface area contributed by atoms with Crippen molar-refractivity contribution >= 4 is 11.7 Å². The summed E-state index contributed by atoms with van der Waals surface area (Å²) < 4.78 is 9.78. The Hall–Kier alpha value is -2.89. The number of carbonyl (C=O) groups excluding carboxylic acids is 1. The first-order valence-corrected chi connectivity index (χ1v) is 7.42. The third kappa shape index (κ3) is 4.10. The van der Waals surface area contributed by atoms with Gasteiger partial charge in [-0.15, -0.1) is 0 Å². The normalized spacial score (nSPS) is 12.7. The summed E-state index contributed by atoms with van der Waals surface area (Å²) >= 11 is 0. The van der Waals surface area contributed by atoms with Gasteiger partial charge in [-0.1, -0.05) is 30.3 Å². The number of ether oxygens (including phenoxy) is 1. The lowest BCUT2D eigenvalue weighted by molar-refractivity contribution is -0.142. The zero-order chi connectivity index (χ0) is 17.7. The van der Waals surface area contributed by atoms with Gasteiger partial charge in [-0.2, -0.15) is 0 Å². The van der Waals surface area contributed by atoms with Crippen molar-refractivity contribution in [3.05, 3.63) is 63.7 Å². The Labute approximate surface area is 139 Å². The number of methoxy groups -OCH3 is 1. The van der Waals surface area contributed by atoms with Gasteiger partial charge in [0.2, 0.25) is 0 Å². The van der Waals surface area contributed by atoms with Gasteiger partial charge in [0.05, 0.1) is 12.8 Å². The second-order valence-corrected chi connectivity index (χ2v) is 5.35. The molecule has 0 saturated heterocycles. The highest BCUT2D eigenvalue weighted by molar-refractivity contribution is 6.01. The second-order valence-electron chi connectivity index (χ2n) is 5.35. The molecule has 2 rings (SSSR count). The largest absolute Gasteiger partial charge is 0.507 e. The molecule has 0 bridgehead atoms. The highest BCUT2D eigenvalue weighted by Gasteiger charge is 2.21. The van der Waals surface area contributed by atoms with Crippen molar-refractivity contribution in [1.29, 1.82) is 0 Å². The molecule has 0 aliphatic rings. The monoisotopic (exact) mass is 329 g/mol. The first-order chi connectivity index (χ1) is 11.4. The minimum absolute atomic E-state index is 0.0532. The Kier molecular flexibility index (Phi) is 5.52. The quantitative estimate of drug-likeness (QED) is 0.671. The van der Waals surface area contributed by atoms with Crippen LogP contribution in [0.4, 0.5) is 0 Å². The van der Waals surface area contributed by atoms with Crippen LogP contribution in [0.5, 0.6) is 5.75 Å². The molecule has 1 atom stereocenters. The second kappa shape index (κ2) is 7.59. The van der Waals surface area contributed by atoms with Gasteiger partial charge >= 0.3 is 11.6 Å². The van der Waals surface area contributed by atoms with Crippen LogP contribution in [0.2, 0.25) is 0 Å². The van der Waals surface area contributed by atoms with Crippen LogP contribution in [0.25, 0.3) is 0 Å². The number of aromatic hydroxyl groups is 1. The van der Waals surface area contributed by atoms with Gasteiger partial charge in [-0.05, 0) is 19.4 Å². The number of carbonyl (C=O) groups is 1. The van der Waals surface area contributed by atoms with E-state index in [0.717, 1.165) is 5.56 Å².